The van der Waals surface area contributed by atoms with E-state index in [1.165, 1.54) is 31.6 Å². The summed E-state index contributed by atoms with van der Waals surface area (Å²) in [5, 5.41) is 6.41. The fourth-order valence-corrected chi connectivity index (χ4v) is 2.33. The first-order chi connectivity index (χ1) is 8.59. The molecule has 1 atom stereocenters. The molecule has 1 aliphatic heterocycles. The summed E-state index contributed by atoms with van der Waals surface area (Å²) in [6.07, 6.45) is 6.87. The van der Waals surface area contributed by atoms with Gasteiger partial charge in [0, 0.05) is 25.0 Å². The molecule has 1 aromatic rings. The normalized spacial score (nSPS) is 22.4. The van der Waals surface area contributed by atoms with E-state index in [2.05, 4.69) is 34.4 Å². The second-order valence-corrected chi connectivity index (χ2v) is 5.44. The van der Waals surface area contributed by atoms with Crippen LogP contribution in [-0.2, 0) is 0 Å². The van der Waals surface area contributed by atoms with Crippen LogP contribution in [0, 0.1) is 5.41 Å². The van der Waals surface area contributed by atoms with Gasteiger partial charge in [-0.2, -0.15) is 0 Å². The SMILES string of the molecule is CC1(C)CCCNC1CNC(=O)c1cncnc1. The summed E-state index contributed by atoms with van der Waals surface area (Å²) in [5.74, 6) is -0.112. The van der Waals surface area contributed by atoms with Crippen LogP contribution in [0.5, 0.6) is 0 Å². The predicted octanol–water partition coefficient (Wildman–Crippen LogP) is 0.985. The van der Waals surface area contributed by atoms with Crippen molar-refractivity contribution in [3.05, 3.63) is 24.3 Å². The van der Waals surface area contributed by atoms with Crippen molar-refractivity contribution in [1.82, 2.24) is 20.6 Å². The molecule has 0 bridgehead atoms. The first-order valence-electron chi connectivity index (χ1n) is 6.36. The minimum Gasteiger partial charge on any atom is -0.350 e. The Hall–Kier alpha value is -1.49. The second kappa shape index (κ2) is 5.44. The van der Waals surface area contributed by atoms with Crippen LogP contribution in [0.3, 0.4) is 0 Å². The van der Waals surface area contributed by atoms with Gasteiger partial charge < -0.3 is 10.6 Å². The van der Waals surface area contributed by atoms with Crippen LogP contribution in [0.4, 0.5) is 0 Å². The van der Waals surface area contributed by atoms with Gasteiger partial charge >= 0.3 is 0 Å². The third-order valence-corrected chi connectivity index (χ3v) is 3.62. The molecule has 1 aromatic heterocycles. The fraction of sp³-hybridized carbons (Fsp3) is 0.615. The number of amides is 1. The second-order valence-electron chi connectivity index (χ2n) is 5.44. The molecule has 1 amide bonds. The van der Waals surface area contributed by atoms with Gasteiger partial charge in [0.25, 0.3) is 5.91 Å². The molecule has 0 spiro atoms. The number of nitrogens with zero attached hydrogens (tertiary/aromatic N) is 2. The van der Waals surface area contributed by atoms with Gasteiger partial charge in [0.05, 0.1) is 5.56 Å². The fourth-order valence-electron chi connectivity index (χ4n) is 2.33. The maximum Gasteiger partial charge on any atom is 0.254 e. The zero-order chi connectivity index (χ0) is 13.0. The first kappa shape index (κ1) is 13.0. The Labute approximate surface area is 107 Å². The minimum atomic E-state index is -0.112. The highest BCUT2D eigenvalue weighted by molar-refractivity contribution is 5.93. The van der Waals surface area contributed by atoms with E-state index < -0.39 is 0 Å². The standard InChI is InChI=1S/C13H20N4O/c1-13(2)4-3-5-16-11(13)8-17-12(18)10-6-14-9-15-7-10/h6-7,9,11,16H,3-5,8H2,1-2H3,(H,17,18). The summed E-state index contributed by atoms with van der Waals surface area (Å²) in [7, 11) is 0. The van der Waals surface area contributed by atoms with Gasteiger partial charge in [-0.1, -0.05) is 13.8 Å². The molecular formula is C13H20N4O. The van der Waals surface area contributed by atoms with Crippen molar-refractivity contribution in [3.63, 3.8) is 0 Å². The molecule has 0 aromatic carbocycles. The van der Waals surface area contributed by atoms with Crippen LogP contribution in [0.2, 0.25) is 0 Å². The van der Waals surface area contributed by atoms with Gasteiger partial charge in [0.15, 0.2) is 0 Å². The van der Waals surface area contributed by atoms with Gasteiger partial charge in [-0.25, -0.2) is 9.97 Å². The molecule has 1 aliphatic rings. The summed E-state index contributed by atoms with van der Waals surface area (Å²) in [5.41, 5.74) is 0.727. The molecule has 1 fully saturated rings. The highest BCUT2D eigenvalue weighted by Crippen LogP contribution is 2.29. The number of hydrogen-bond acceptors (Lipinski definition) is 4. The van der Waals surface area contributed by atoms with Crippen LogP contribution in [0.25, 0.3) is 0 Å². The zero-order valence-electron chi connectivity index (χ0n) is 10.9. The number of piperidine rings is 1. The quantitative estimate of drug-likeness (QED) is 0.837. The number of carbonyl (C=O) groups excluding carboxylic acids is 1. The van der Waals surface area contributed by atoms with Crippen molar-refractivity contribution in [2.75, 3.05) is 13.1 Å². The van der Waals surface area contributed by atoms with Crippen LogP contribution >= 0.6 is 0 Å². The van der Waals surface area contributed by atoms with Gasteiger partial charge in [0.2, 0.25) is 0 Å². The summed E-state index contributed by atoms with van der Waals surface area (Å²) in [4.78, 5) is 19.6. The van der Waals surface area contributed by atoms with Crippen molar-refractivity contribution in [2.45, 2.75) is 32.7 Å². The van der Waals surface area contributed by atoms with Crippen molar-refractivity contribution in [3.8, 4) is 0 Å². The van der Waals surface area contributed by atoms with Crippen LogP contribution < -0.4 is 10.6 Å². The lowest BCUT2D eigenvalue weighted by Crippen LogP contribution is -2.52. The van der Waals surface area contributed by atoms with E-state index >= 15 is 0 Å². The van der Waals surface area contributed by atoms with E-state index in [1.807, 2.05) is 0 Å². The molecule has 2 heterocycles. The van der Waals surface area contributed by atoms with Gasteiger partial charge in [-0.3, -0.25) is 4.79 Å². The predicted molar refractivity (Wildman–Crippen MR) is 69.2 cm³/mol. The maximum atomic E-state index is 11.9. The summed E-state index contributed by atoms with van der Waals surface area (Å²) in [6.45, 7) is 6.14. The number of nitrogens with one attached hydrogen (secondary N) is 2. The van der Waals surface area contributed by atoms with Crippen molar-refractivity contribution < 1.29 is 4.79 Å². The Morgan fingerprint density at radius 2 is 2.22 bits per heavy atom. The molecule has 98 valence electrons. The Morgan fingerprint density at radius 3 is 2.89 bits per heavy atom. The molecule has 0 radical (unpaired) electrons. The Bertz CT molecular complexity index is 405. The first-order valence-corrected chi connectivity index (χ1v) is 6.36. The van der Waals surface area contributed by atoms with E-state index in [1.54, 1.807) is 0 Å². The van der Waals surface area contributed by atoms with Gasteiger partial charge in [-0.05, 0) is 24.8 Å². The molecule has 5 nitrogen and oxygen atoms in total. The summed E-state index contributed by atoms with van der Waals surface area (Å²) in [6, 6.07) is 0.319. The smallest absolute Gasteiger partial charge is 0.254 e. The molecule has 2 N–H and O–H groups in total. The lowest BCUT2D eigenvalue weighted by Gasteiger charge is -2.39. The van der Waals surface area contributed by atoms with E-state index in [9.17, 15) is 4.79 Å². The Morgan fingerprint density at radius 1 is 1.50 bits per heavy atom. The molecule has 1 saturated heterocycles. The topological polar surface area (TPSA) is 66.9 Å². The van der Waals surface area contributed by atoms with Crippen LogP contribution in [0.1, 0.15) is 37.0 Å². The zero-order valence-corrected chi connectivity index (χ0v) is 10.9. The van der Waals surface area contributed by atoms with E-state index in [0.717, 1.165) is 6.54 Å². The Balaban J connectivity index is 1.90. The Kier molecular flexibility index (Phi) is 3.91. The van der Waals surface area contributed by atoms with E-state index in [0.29, 0.717) is 18.2 Å². The maximum absolute atomic E-state index is 11.9. The van der Waals surface area contributed by atoms with Gasteiger partial charge in [-0.15, -0.1) is 0 Å². The van der Waals surface area contributed by atoms with Crippen LogP contribution in [-0.4, -0.2) is 35.0 Å². The van der Waals surface area contributed by atoms with Gasteiger partial charge in [0.1, 0.15) is 6.33 Å². The number of carbonyl (C=O) groups is 1. The van der Waals surface area contributed by atoms with Crippen molar-refractivity contribution in [2.24, 2.45) is 5.41 Å². The van der Waals surface area contributed by atoms with Crippen LogP contribution in [0.15, 0.2) is 18.7 Å². The average Bonchev–Trinajstić information content (AvgIpc) is 2.38. The highest BCUT2D eigenvalue weighted by Gasteiger charge is 2.31. The van der Waals surface area contributed by atoms with E-state index in [4.69, 9.17) is 0 Å². The van der Waals surface area contributed by atoms with Crippen molar-refractivity contribution in [1.29, 1.82) is 0 Å². The summed E-state index contributed by atoms with van der Waals surface area (Å²) >= 11 is 0. The largest absolute Gasteiger partial charge is 0.350 e. The molecule has 2 rings (SSSR count). The average molecular weight is 248 g/mol. The monoisotopic (exact) mass is 248 g/mol. The number of aromatic nitrogens is 2. The molecular weight excluding hydrogens is 228 g/mol. The van der Waals surface area contributed by atoms with E-state index in [-0.39, 0.29) is 11.3 Å². The number of rotatable bonds is 3. The molecule has 0 saturated carbocycles. The molecule has 5 heteroatoms. The summed E-state index contributed by atoms with van der Waals surface area (Å²) < 4.78 is 0. The third-order valence-electron chi connectivity index (χ3n) is 3.62. The lowest BCUT2D eigenvalue weighted by molar-refractivity contribution is 0.0928. The van der Waals surface area contributed by atoms with Crippen molar-refractivity contribution >= 4 is 5.91 Å². The lowest BCUT2D eigenvalue weighted by atomic mass is 9.77. The third kappa shape index (κ3) is 3.04. The molecule has 0 aliphatic carbocycles. The highest BCUT2D eigenvalue weighted by atomic mass is 16.1. The molecule has 18 heavy (non-hydrogen) atoms. The molecule has 1 unspecified atom stereocenters. The number of hydrogen-bond donors (Lipinski definition) is 2. The minimum absolute atomic E-state index is 0.112.